The largest absolute Gasteiger partial charge is 0.393 e. The molecule has 2 spiro atoms. The van der Waals surface area contributed by atoms with Crippen LogP contribution in [0.3, 0.4) is 0 Å². The van der Waals surface area contributed by atoms with Gasteiger partial charge >= 0.3 is 0 Å². The number of methoxy groups -OCH3 is 1. The lowest BCUT2D eigenvalue weighted by molar-refractivity contribution is -0.128. The number of piperidine rings is 2. The number of rotatable bonds is 10. The number of hydrogen-bond donors (Lipinski definition) is 1. The van der Waals surface area contributed by atoms with E-state index in [0.717, 1.165) is 79.9 Å². The number of carbonyl (C=O) groups is 2. The minimum absolute atomic E-state index is 0.116. The molecule has 9 aliphatic rings. The summed E-state index contributed by atoms with van der Waals surface area (Å²) in [6, 6.07) is 4.75. The monoisotopic (exact) mass is 1040 g/mol. The number of ether oxygens (including phenoxy) is 1. The molecular formula is C63H125N7O4. The van der Waals surface area contributed by atoms with Crippen molar-refractivity contribution in [2.45, 2.75) is 269 Å². The van der Waals surface area contributed by atoms with Crippen molar-refractivity contribution in [2.75, 3.05) is 86.7 Å². The Bertz CT molecular complexity index is 1550. The maximum Gasteiger partial charge on any atom is 0.222 e. The number of carbonyl (C=O) groups excluding carboxylic acids is 2. The van der Waals surface area contributed by atoms with Crippen LogP contribution in [0.15, 0.2) is 0 Å². The van der Waals surface area contributed by atoms with Gasteiger partial charge in [-0.25, -0.2) is 0 Å². The van der Waals surface area contributed by atoms with E-state index in [-0.39, 0.29) is 6.10 Å². The van der Waals surface area contributed by atoms with Crippen molar-refractivity contribution in [3.63, 3.8) is 0 Å². The van der Waals surface area contributed by atoms with Crippen molar-refractivity contribution in [2.24, 2.45) is 39.9 Å². The van der Waals surface area contributed by atoms with Gasteiger partial charge in [-0.15, -0.1) is 0 Å². The molecule has 0 bridgehead atoms. The number of ketones is 1. The van der Waals surface area contributed by atoms with Gasteiger partial charge in [-0.3, -0.25) is 24.3 Å². The fourth-order valence-corrected chi connectivity index (χ4v) is 12.9. The van der Waals surface area contributed by atoms with Crippen molar-refractivity contribution < 1.29 is 19.4 Å². The molecule has 0 radical (unpaired) electrons. The van der Waals surface area contributed by atoms with Gasteiger partial charge in [0.25, 0.3) is 0 Å². The van der Waals surface area contributed by atoms with E-state index in [2.05, 4.69) is 147 Å². The standard InChI is InChI=1S/C11H21N.C10H21N.C9H19NO.C9H17N.C8H17NO.2C8H15NO/c1-10(2)12-8-6-11(7-9-12)4-3-5-11;1-9(2)11-7-5-6-10(3,4)8-11;1-7(2)8-5-6-9(11-4)10(8)3;1-8(2)10-6-9(7-10)4-3-5-9;2*1-6(2)9-4-8(5-9)7(3)10;1-6(2)7-4-5-8(10)9(7)3/h10H,3-9H2,1-2H3;9H,5-8H2,1-4H3;7-9H,5-6H2,1-4H3;8H,3-7H2,1-2H3;6-8,10H,4-5H2,1-3H3;6,8H,4-5H2,1-3H3;6-7H,4-5H2,1-3H3. The van der Waals surface area contributed by atoms with E-state index in [1.807, 2.05) is 18.9 Å². The number of aliphatic hydroxyl groups is 1. The minimum Gasteiger partial charge on any atom is -0.393 e. The van der Waals surface area contributed by atoms with E-state index in [9.17, 15) is 9.59 Å². The lowest BCUT2D eigenvalue weighted by Gasteiger charge is -2.57. The lowest BCUT2D eigenvalue weighted by Crippen LogP contribution is -2.61. The van der Waals surface area contributed by atoms with Crippen molar-refractivity contribution in [3.05, 3.63) is 0 Å². The van der Waals surface area contributed by atoms with Crippen molar-refractivity contribution in [1.29, 1.82) is 0 Å². The first-order chi connectivity index (χ1) is 34.5. The molecule has 9 rings (SSSR count). The van der Waals surface area contributed by atoms with Crippen LogP contribution >= 0.6 is 0 Å². The Labute approximate surface area is 459 Å². The molecule has 7 aliphatic heterocycles. The SMILES string of the molecule is CC(=O)C1CN(C(C)C)C1.CC(C)C1CCC(=O)N1C.CC(C)N1CC2(CCC2)C1.CC(C)N1CCC2(CCC2)CC1.CC(C)N1CCCC(C)(C)C1.CC(O)C1CN(C(C)C)C1.COC1CCC(C(C)C)N1C. The molecule has 0 aromatic carbocycles. The number of aliphatic hydroxyl groups excluding tert-OH is 1. The van der Waals surface area contributed by atoms with Crippen LogP contribution in [0.2, 0.25) is 0 Å². The van der Waals surface area contributed by atoms with E-state index in [1.165, 1.54) is 116 Å². The summed E-state index contributed by atoms with van der Waals surface area (Å²) < 4.78 is 5.33. The summed E-state index contributed by atoms with van der Waals surface area (Å²) in [6.07, 6.45) is 19.3. The van der Waals surface area contributed by atoms with Gasteiger partial charge in [-0.1, -0.05) is 54.4 Å². The van der Waals surface area contributed by atoms with Crippen LogP contribution in [0.25, 0.3) is 0 Å². The van der Waals surface area contributed by atoms with Gasteiger partial charge in [0.15, 0.2) is 0 Å². The first kappa shape index (κ1) is 67.1. The summed E-state index contributed by atoms with van der Waals surface area (Å²) in [6.45, 7) is 51.9. The van der Waals surface area contributed by atoms with E-state index >= 15 is 0 Å². The van der Waals surface area contributed by atoms with Crippen molar-refractivity contribution >= 4 is 11.7 Å². The molecule has 2 saturated carbocycles. The fraction of sp³-hybridized carbons (Fsp3) is 0.968. The van der Waals surface area contributed by atoms with Crippen LogP contribution in [-0.2, 0) is 14.3 Å². The zero-order valence-corrected chi connectivity index (χ0v) is 52.8. The van der Waals surface area contributed by atoms with Crippen LogP contribution in [0.1, 0.15) is 215 Å². The Morgan fingerprint density at radius 3 is 1.32 bits per heavy atom. The summed E-state index contributed by atoms with van der Waals surface area (Å²) in [5.41, 5.74) is 2.21. The second-order valence-corrected chi connectivity index (χ2v) is 28.2. The van der Waals surface area contributed by atoms with Gasteiger partial charge in [-0.05, 0) is 208 Å². The first-order valence-electron chi connectivity index (χ1n) is 30.9. The van der Waals surface area contributed by atoms with E-state index in [4.69, 9.17) is 9.84 Å². The van der Waals surface area contributed by atoms with Crippen LogP contribution < -0.4 is 0 Å². The maximum atomic E-state index is 11.0. The van der Waals surface area contributed by atoms with Crippen LogP contribution in [-0.4, -0.2) is 192 Å². The van der Waals surface area contributed by atoms with Crippen LogP contribution in [0.4, 0.5) is 0 Å². The highest BCUT2D eigenvalue weighted by Crippen LogP contribution is 2.49. The second-order valence-electron chi connectivity index (χ2n) is 28.2. The predicted octanol–water partition coefficient (Wildman–Crippen LogP) is 11.7. The lowest BCUT2D eigenvalue weighted by atomic mass is 9.63. The quantitative estimate of drug-likeness (QED) is 0.228. The normalized spacial score (nSPS) is 27.5. The van der Waals surface area contributed by atoms with Gasteiger partial charge in [-0.2, -0.15) is 0 Å². The number of Topliss-reactive ketones (excluding diaryl/α,β-unsaturated/α-hetero) is 1. The Hall–Kier alpha value is -1.18. The van der Waals surface area contributed by atoms with Crippen molar-refractivity contribution in [3.8, 4) is 0 Å². The Morgan fingerprint density at radius 2 is 1.03 bits per heavy atom. The highest BCUT2D eigenvalue weighted by Gasteiger charge is 2.47. The molecule has 4 atom stereocenters. The third-order valence-electron chi connectivity index (χ3n) is 19.5. The summed E-state index contributed by atoms with van der Waals surface area (Å²) >= 11 is 0. The molecular weight excluding hydrogens is 919 g/mol. The van der Waals surface area contributed by atoms with Gasteiger partial charge < -0.3 is 29.4 Å². The molecule has 9 fully saturated rings. The molecule has 0 aromatic heterocycles. The highest BCUT2D eigenvalue weighted by atomic mass is 16.5. The Kier molecular flexibility index (Phi) is 28.1. The molecule has 2 aliphatic carbocycles. The maximum absolute atomic E-state index is 11.0. The smallest absolute Gasteiger partial charge is 0.222 e. The zero-order chi connectivity index (χ0) is 55.9. The average Bonchev–Trinajstić information content (AvgIpc) is 3.78. The molecule has 11 nitrogen and oxygen atoms in total. The summed E-state index contributed by atoms with van der Waals surface area (Å²) in [4.78, 5) is 38.5. The van der Waals surface area contributed by atoms with Crippen LogP contribution in [0.5, 0.6) is 0 Å². The molecule has 1 amide bonds. The molecule has 74 heavy (non-hydrogen) atoms. The number of likely N-dealkylation sites (tertiary alicyclic amines) is 7. The number of amides is 1. The predicted molar refractivity (Wildman–Crippen MR) is 315 cm³/mol. The molecule has 11 heteroatoms. The van der Waals surface area contributed by atoms with Crippen molar-refractivity contribution in [1.82, 2.24) is 34.3 Å². The summed E-state index contributed by atoms with van der Waals surface area (Å²) in [5.74, 6) is 2.87. The fourth-order valence-electron chi connectivity index (χ4n) is 12.9. The topological polar surface area (TPSA) is 86.3 Å². The van der Waals surface area contributed by atoms with Gasteiger partial charge in [0.1, 0.15) is 12.0 Å². The molecule has 7 saturated heterocycles. The molecule has 4 unspecified atom stereocenters. The van der Waals surface area contributed by atoms with Gasteiger partial charge in [0.05, 0.1) is 6.10 Å². The summed E-state index contributed by atoms with van der Waals surface area (Å²) in [5, 5.41) is 9.15. The number of nitrogens with zero attached hydrogens (tertiary/aromatic N) is 7. The zero-order valence-electron chi connectivity index (χ0n) is 52.8. The summed E-state index contributed by atoms with van der Waals surface area (Å²) in [7, 11) is 5.86. The van der Waals surface area contributed by atoms with Gasteiger partial charge in [0.2, 0.25) is 5.91 Å². The Morgan fingerprint density at radius 1 is 0.554 bits per heavy atom. The Balaban J connectivity index is 0.000000228. The molecule has 1 N–H and O–H groups in total. The van der Waals surface area contributed by atoms with E-state index in [0.29, 0.717) is 59.2 Å². The minimum atomic E-state index is -0.116. The third-order valence-corrected chi connectivity index (χ3v) is 19.5. The first-order valence-corrected chi connectivity index (χ1v) is 30.9. The van der Waals surface area contributed by atoms with E-state index in [1.54, 1.807) is 14.0 Å². The molecule has 436 valence electrons. The van der Waals surface area contributed by atoms with Gasteiger partial charge in [0, 0.05) is 121 Å². The average molecular weight is 1040 g/mol. The molecule has 7 heterocycles. The number of hydrogen-bond acceptors (Lipinski definition) is 10. The second kappa shape index (κ2) is 31.0. The highest BCUT2D eigenvalue weighted by molar-refractivity contribution is 5.79. The molecule has 0 aromatic rings. The van der Waals surface area contributed by atoms with E-state index < -0.39 is 0 Å². The van der Waals surface area contributed by atoms with Crippen LogP contribution in [0, 0.1) is 39.9 Å². The third kappa shape index (κ3) is 20.8.